The highest BCUT2D eigenvalue weighted by Crippen LogP contribution is 2.35. The van der Waals surface area contributed by atoms with Crippen LogP contribution in [-0.4, -0.2) is 41.2 Å². The highest BCUT2D eigenvalue weighted by molar-refractivity contribution is 9.10. The van der Waals surface area contributed by atoms with Crippen molar-refractivity contribution in [2.45, 2.75) is 65.0 Å². The molecule has 0 spiro atoms. The Kier molecular flexibility index (Phi) is 11.3. The van der Waals surface area contributed by atoms with Crippen molar-refractivity contribution in [3.05, 3.63) is 93.7 Å². The molecule has 0 fully saturated rings. The monoisotopic (exact) mass is 664 g/mol. The number of benzene rings is 3. The quantitative estimate of drug-likeness (QED) is 0.244. The second kappa shape index (κ2) is 14.5. The van der Waals surface area contributed by atoms with Crippen LogP contribution in [0.15, 0.2) is 71.2 Å². The maximum Gasteiger partial charge on any atom is 0.387 e. The Hall–Kier alpha value is -3.90. The van der Waals surface area contributed by atoms with E-state index < -0.39 is 54.4 Å². The SMILES string of the molecule is Cc1c(Br)cccc1N(C(=O)[C@@H](O)CC(=O)OC(C)(C)C)C(C(=O)NCc1ccc(F)cc1)c1cccc(OC(F)F)c1. The van der Waals surface area contributed by atoms with E-state index >= 15 is 0 Å². The molecular weight excluding hydrogens is 633 g/mol. The number of hydrogen-bond donors (Lipinski definition) is 2. The van der Waals surface area contributed by atoms with Gasteiger partial charge in [0.25, 0.3) is 5.91 Å². The van der Waals surface area contributed by atoms with Gasteiger partial charge in [0.05, 0.1) is 6.42 Å². The molecule has 0 aromatic heterocycles. The number of carbonyl (C=O) groups excluding carboxylic acids is 3. The van der Waals surface area contributed by atoms with Crippen LogP contribution in [0.2, 0.25) is 0 Å². The molecule has 0 heterocycles. The molecule has 230 valence electrons. The first-order chi connectivity index (χ1) is 20.2. The maximum absolute atomic E-state index is 14.0. The fourth-order valence-electron chi connectivity index (χ4n) is 4.20. The molecule has 0 aliphatic rings. The van der Waals surface area contributed by atoms with Crippen molar-refractivity contribution in [2.24, 2.45) is 0 Å². The minimum absolute atomic E-state index is 0.0667. The number of nitrogens with one attached hydrogen (secondary N) is 1. The number of alkyl halides is 2. The predicted molar refractivity (Wildman–Crippen MR) is 157 cm³/mol. The molecular formula is C31H32BrF3N2O6. The van der Waals surface area contributed by atoms with Gasteiger partial charge in [-0.1, -0.05) is 46.3 Å². The summed E-state index contributed by atoms with van der Waals surface area (Å²) in [7, 11) is 0. The topological polar surface area (TPSA) is 105 Å². The second-order valence-electron chi connectivity index (χ2n) is 10.6. The summed E-state index contributed by atoms with van der Waals surface area (Å²) in [5, 5.41) is 13.7. The Morgan fingerprint density at radius 2 is 1.67 bits per heavy atom. The van der Waals surface area contributed by atoms with Crippen LogP contribution in [0.4, 0.5) is 18.9 Å². The number of anilines is 1. The lowest BCUT2D eigenvalue weighted by atomic mass is 10.00. The third kappa shape index (κ3) is 9.55. The van der Waals surface area contributed by atoms with Crippen molar-refractivity contribution < 1.29 is 42.1 Å². The predicted octanol–water partition coefficient (Wildman–Crippen LogP) is 5.98. The molecule has 0 aliphatic carbocycles. The maximum atomic E-state index is 14.0. The second-order valence-corrected chi connectivity index (χ2v) is 11.5. The van der Waals surface area contributed by atoms with Crippen LogP contribution in [0, 0.1) is 12.7 Å². The van der Waals surface area contributed by atoms with E-state index in [-0.39, 0.29) is 23.5 Å². The van der Waals surface area contributed by atoms with Gasteiger partial charge in [-0.25, -0.2) is 4.39 Å². The molecule has 43 heavy (non-hydrogen) atoms. The molecule has 0 saturated heterocycles. The smallest absolute Gasteiger partial charge is 0.387 e. The standard InChI is InChI=1S/C31H32BrF3N2O6/c1-18-23(32)9-6-10-24(18)37(29(41)25(38)16-26(39)43-31(2,3)4)27(20-7-5-8-22(15-20)42-30(34)35)28(40)36-17-19-11-13-21(33)14-12-19/h5-15,25,27,30,38H,16-17H2,1-4H3,(H,36,40)/t25-,27?/m0/s1. The van der Waals surface area contributed by atoms with E-state index in [2.05, 4.69) is 26.0 Å². The molecule has 12 heteroatoms. The molecule has 2 amide bonds. The van der Waals surface area contributed by atoms with Crippen LogP contribution in [0.1, 0.15) is 49.9 Å². The van der Waals surface area contributed by atoms with Crippen molar-refractivity contribution in [3.63, 3.8) is 0 Å². The van der Waals surface area contributed by atoms with Crippen LogP contribution >= 0.6 is 15.9 Å². The van der Waals surface area contributed by atoms with E-state index in [1.165, 1.54) is 54.6 Å². The number of ether oxygens (including phenoxy) is 2. The molecule has 3 rings (SSSR count). The molecule has 0 saturated carbocycles. The third-order valence-corrected chi connectivity index (χ3v) is 6.95. The molecule has 3 aromatic rings. The summed E-state index contributed by atoms with van der Waals surface area (Å²) in [6.45, 7) is 3.35. The number of carbonyl (C=O) groups is 3. The average Bonchev–Trinajstić information content (AvgIpc) is 2.91. The lowest BCUT2D eigenvalue weighted by Gasteiger charge is -2.34. The van der Waals surface area contributed by atoms with Gasteiger partial charge in [-0.15, -0.1) is 0 Å². The van der Waals surface area contributed by atoms with Gasteiger partial charge in [-0.3, -0.25) is 19.3 Å². The zero-order valence-electron chi connectivity index (χ0n) is 23.9. The zero-order valence-corrected chi connectivity index (χ0v) is 25.5. The first-order valence-electron chi connectivity index (χ1n) is 13.2. The van der Waals surface area contributed by atoms with Gasteiger partial charge < -0.3 is 19.9 Å². The van der Waals surface area contributed by atoms with Gasteiger partial charge in [0.1, 0.15) is 29.3 Å². The van der Waals surface area contributed by atoms with Crippen molar-refractivity contribution in [1.29, 1.82) is 0 Å². The summed E-state index contributed by atoms with van der Waals surface area (Å²) in [5.41, 5.74) is 0.451. The molecule has 2 atom stereocenters. The van der Waals surface area contributed by atoms with Crippen LogP contribution in [-0.2, 0) is 25.7 Å². The minimum Gasteiger partial charge on any atom is -0.460 e. The third-order valence-electron chi connectivity index (χ3n) is 6.09. The van der Waals surface area contributed by atoms with E-state index in [1.807, 2.05) is 0 Å². The van der Waals surface area contributed by atoms with Crippen LogP contribution < -0.4 is 15.0 Å². The fourth-order valence-corrected chi connectivity index (χ4v) is 4.55. The highest BCUT2D eigenvalue weighted by Gasteiger charge is 2.38. The fraction of sp³-hybridized carbons (Fsp3) is 0.323. The Bertz CT molecular complexity index is 1450. The molecule has 3 aromatic carbocycles. The first kappa shape index (κ1) is 33.6. The zero-order chi connectivity index (χ0) is 31.9. The van der Waals surface area contributed by atoms with Crippen LogP contribution in [0.3, 0.4) is 0 Å². The lowest BCUT2D eigenvalue weighted by Crippen LogP contribution is -2.48. The number of aliphatic hydroxyl groups is 1. The minimum atomic E-state index is -3.15. The summed E-state index contributed by atoms with van der Waals surface area (Å²) in [6.07, 6.45) is -2.64. The number of halogens is 4. The van der Waals surface area contributed by atoms with Gasteiger partial charge in [0.15, 0.2) is 0 Å². The summed E-state index contributed by atoms with van der Waals surface area (Å²) >= 11 is 3.41. The largest absolute Gasteiger partial charge is 0.460 e. The molecule has 0 radical (unpaired) electrons. The van der Waals surface area contributed by atoms with Crippen molar-refractivity contribution in [3.8, 4) is 5.75 Å². The number of amides is 2. The number of aliphatic hydroxyl groups excluding tert-OH is 1. The number of rotatable bonds is 11. The van der Waals surface area contributed by atoms with Crippen molar-refractivity contribution in [2.75, 3.05) is 4.90 Å². The van der Waals surface area contributed by atoms with Gasteiger partial charge in [0.2, 0.25) is 5.91 Å². The van der Waals surface area contributed by atoms with Gasteiger partial charge in [-0.2, -0.15) is 8.78 Å². The Morgan fingerprint density at radius 1 is 1.02 bits per heavy atom. The molecule has 0 aliphatic heterocycles. The van der Waals surface area contributed by atoms with E-state index in [0.29, 0.717) is 15.6 Å². The van der Waals surface area contributed by atoms with Crippen LogP contribution in [0.5, 0.6) is 5.75 Å². The summed E-state index contributed by atoms with van der Waals surface area (Å²) < 4.78 is 49.9. The van der Waals surface area contributed by atoms with E-state index in [0.717, 1.165) is 4.90 Å². The summed E-state index contributed by atoms with van der Waals surface area (Å²) in [6, 6.07) is 14.0. The highest BCUT2D eigenvalue weighted by atomic mass is 79.9. The van der Waals surface area contributed by atoms with Crippen molar-refractivity contribution >= 4 is 39.4 Å². The lowest BCUT2D eigenvalue weighted by molar-refractivity contribution is -0.158. The number of nitrogens with zero attached hydrogens (tertiary/aromatic N) is 1. The van der Waals surface area contributed by atoms with E-state index in [9.17, 15) is 32.7 Å². The van der Waals surface area contributed by atoms with Gasteiger partial charge in [0, 0.05) is 16.7 Å². The Morgan fingerprint density at radius 3 is 2.30 bits per heavy atom. The molecule has 1 unspecified atom stereocenters. The van der Waals surface area contributed by atoms with Crippen molar-refractivity contribution in [1.82, 2.24) is 5.32 Å². The number of hydrogen-bond acceptors (Lipinski definition) is 6. The average molecular weight is 666 g/mol. The normalized spacial score (nSPS) is 12.8. The summed E-state index contributed by atoms with van der Waals surface area (Å²) in [4.78, 5) is 41.4. The van der Waals surface area contributed by atoms with Crippen LogP contribution in [0.25, 0.3) is 0 Å². The molecule has 2 N–H and O–H groups in total. The van der Waals surface area contributed by atoms with Gasteiger partial charge >= 0.3 is 12.6 Å². The number of esters is 1. The first-order valence-corrected chi connectivity index (χ1v) is 14.0. The Labute approximate surface area is 255 Å². The molecule has 8 nitrogen and oxygen atoms in total. The van der Waals surface area contributed by atoms with E-state index in [4.69, 9.17) is 4.74 Å². The van der Waals surface area contributed by atoms with E-state index in [1.54, 1.807) is 39.8 Å². The summed E-state index contributed by atoms with van der Waals surface area (Å²) in [5.74, 6) is -3.35. The van der Waals surface area contributed by atoms with Gasteiger partial charge in [-0.05, 0) is 80.8 Å². The molecule has 0 bridgehead atoms. The Balaban J connectivity index is 2.12.